The van der Waals surface area contributed by atoms with Gasteiger partial charge in [-0.25, -0.2) is 4.98 Å². The number of halogens is 2. The van der Waals surface area contributed by atoms with Gasteiger partial charge in [0.25, 0.3) is 0 Å². The molecule has 1 heterocycles. The van der Waals surface area contributed by atoms with E-state index in [1.54, 1.807) is 0 Å². The van der Waals surface area contributed by atoms with Gasteiger partial charge in [0.2, 0.25) is 0 Å². The molecule has 2 nitrogen and oxygen atoms in total. The molecule has 1 aromatic heterocycles. The fourth-order valence-corrected chi connectivity index (χ4v) is 2.08. The Bertz CT molecular complexity index is 561. The zero-order valence-electron chi connectivity index (χ0n) is 9.92. The Kier molecular flexibility index (Phi) is 3.19. The number of pyridine rings is 1. The number of para-hydroxylation sites is 1. The first-order valence-electron chi connectivity index (χ1n) is 5.31. The average Bonchev–Trinajstić information content (AvgIpc) is 2.23. The highest BCUT2D eigenvalue weighted by Crippen LogP contribution is 2.38. The van der Waals surface area contributed by atoms with E-state index in [2.05, 4.69) is 4.98 Å². The summed E-state index contributed by atoms with van der Waals surface area (Å²) in [7, 11) is 0. The largest absolute Gasteiger partial charge is 0.483 e. The highest BCUT2D eigenvalue weighted by molar-refractivity contribution is 6.40. The number of aromatic nitrogens is 1. The number of benzene rings is 1. The molecule has 0 atom stereocenters. The van der Waals surface area contributed by atoms with E-state index in [1.165, 1.54) is 0 Å². The van der Waals surface area contributed by atoms with Gasteiger partial charge in [-0.05, 0) is 26.8 Å². The van der Waals surface area contributed by atoms with Crippen molar-refractivity contribution < 1.29 is 4.74 Å². The predicted octanol–water partition coefficient (Wildman–Crippen LogP) is 4.72. The molecule has 0 spiro atoms. The molecular weight excluding hydrogens is 257 g/mol. The van der Waals surface area contributed by atoms with E-state index in [-0.39, 0.29) is 5.60 Å². The van der Waals surface area contributed by atoms with Gasteiger partial charge in [-0.2, -0.15) is 0 Å². The molecule has 0 unspecified atom stereocenters. The minimum Gasteiger partial charge on any atom is -0.483 e. The average molecular weight is 270 g/mol. The van der Waals surface area contributed by atoms with Crippen LogP contribution in [0.1, 0.15) is 20.8 Å². The second-order valence-electron chi connectivity index (χ2n) is 4.78. The van der Waals surface area contributed by atoms with Crippen LogP contribution in [0.25, 0.3) is 10.9 Å². The quantitative estimate of drug-likeness (QED) is 0.699. The van der Waals surface area contributed by atoms with E-state index in [1.807, 2.05) is 45.0 Å². The third-order valence-electron chi connectivity index (χ3n) is 2.15. The van der Waals surface area contributed by atoms with Crippen molar-refractivity contribution in [1.82, 2.24) is 4.98 Å². The van der Waals surface area contributed by atoms with Gasteiger partial charge >= 0.3 is 0 Å². The molecule has 0 N–H and O–H groups in total. The summed E-state index contributed by atoms with van der Waals surface area (Å²) in [6.07, 6.45) is 0. The van der Waals surface area contributed by atoms with Crippen molar-refractivity contribution in [2.45, 2.75) is 26.4 Å². The summed E-state index contributed by atoms with van der Waals surface area (Å²) in [5.41, 5.74) is 0.404. The van der Waals surface area contributed by atoms with Crippen molar-refractivity contribution in [3.8, 4) is 5.75 Å². The van der Waals surface area contributed by atoms with Gasteiger partial charge < -0.3 is 4.74 Å². The third-order valence-corrected chi connectivity index (χ3v) is 2.79. The van der Waals surface area contributed by atoms with Crippen LogP contribution in [0, 0.1) is 0 Å². The van der Waals surface area contributed by atoms with Gasteiger partial charge in [0.05, 0.1) is 10.5 Å². The molecule has 0 fully saturated rings. The number of hydrogen-bond donors (Lipinski definition) is 0. The van der Waals surface area contributed by atoms with Crippen molar-refractivity contribution in [3.63, 3.8) is 0 Å². The molecule has 2 aromatic rings. The molecule has 0 bridgehead atoms. The summed E-state index contributed by atoms with van der Waals surface area (Å²) in [4.78, 5) is 4.28. The summed E-state index contributed by atoms with van der Waals surface area (Å²) in [5.74, 6) is 0.444. The Morgan fingerprint density at radius 2 is 1.76 bits per heavy atom. The second-order valence-corrected chi connectivity index (χ2v) is 5.51. The third kappa shape index (κ3) is 2.64. The molecule has 0 saturated carbocycles. The predicted molar refractivity (Wildman–Crippen MR) is 72.1 cm³/mol. The normalized spacial score (nSPS) is 11.8. The minimum absolute atomic E-state index is 0.295. The zero-order valence-corrected chi connectivity index (χ0v) is 11.4. The summed E-state index contributed by atoms with van der Waals surface area (Å²) in [5, 5.41) is 1.65. The summed E-state index contributed by atoms with van der Waals surface area (Å²) in [6.45, 7) is 5.82. The van der Waals surface area contributed by atoms with Crippen LogP contribution in [0.4, 0.5) is 0 Å². The lowest BCUT2D eigenvalue weighted by Crippen LogP contribution is -2.23. The van der Waals surface area contributed by atoms with Crippen LogP contribution in [-0.4, -0.2) is 10.6 Å². The van der Waals surface area contributed by atoms with Crippen molar-refractivity contribution >= 4 is 34.1 Å². The van der Waals surface area contributed by atoms with Gasteiger partial charge in [0.1, 0.15) is 5.60 Å². The van der Waals surface area contributed by atoms with Crippen LogP contribution in [0.3, 0.4) is 0 Å². The van der Waals surface area contributed by atoms with Crippen molar-refractivity contribution in [1.29, 1.82) is 0 Å². The fraction of sp³-hybridized carbons (Fsp3) is 0.308. The van der Waals surface area contributed by atoms with E-state index in [9.17, 15) is 0 Å². The Hall–Kier alpha value is -0.990. The van der Waals surface area contributed by atoms with Gasteiger partial charge in [0.15, 0.2) is 10.9 Å². The molecule has 2 rings (SSSR count). The van der Waals surface area contributed by atoms with Gasteiger partial charge in [-0.15, -0.1) is 0 Å². The van der Waals surface area contributed by atoms with E-state index < -0.39 is 0 Å². The van der Waals surface area contributed by atoms with Crippen LogP contribution < -0.4 is 4.74 Å². The Balaban J connectivity index is 2.64. The molecule has 4 heteroatoms. The highest BCUT2D eigenvalue weighted by Gasteiger charge is 2.19. The number of ether oxygens (including phenoxy) is 1. The van der Waals surface area contributed by atoms with Gasteiger partial charge in [0, 0.05) is 5.39 Å². The first-order valence-corrected chi connectivity index (χ1v) is 6.07. The van der Waals surface area contributed by atoms with Crippen molar-refractivity contribution in [2.75, 3.05) is 0 Å². The smallest absolute Gasteiger partial charge is 0.176 e. The highest BCUT2D eigenvalue weighted by atomic mass is 35.5. The number of nitrogens with zero attached hydrogens (tertiary/aromatic N) is 1. The molecule has 0 aliphatic carbocycles. The molecule has 0 amide bonds. The van der Waals surface area contributed by atoms with Crippen LogP contribution >= 0.6 is 23.2 Å². The second kappa shape index (κ2) is 4.35. The Labute approximate surface area is 111 Å². The summed E-state index contributed by atoms with van der Waals surface area (Å²) in [6, 6.07) is 7.57. The number of rotatable bonds is 1. The number of hydrogen-bond acceptors (Lipinski definition) is 2. The molecule has 0 saturated heterocycles. The topological polar surface area (TPSA) is 22.1 Å². The SMILES string of the molecule is CC(C)(C)Oc1c(Cl)nc2ccccc2c1Cl. The molecule has 0 aliphatic heterocycles. The lowest BCUT2D eigenvalue weighted by molar-refractivity contribution is 0.131. The molecule has 1 aromatic carbocycles. The lowest BCUT2D eigenvalue weighted by atomic mass is 10.2. The maximum atomic E-state index is 6.30. The van der Waals surface area contributed by atoms with E-state index in [0.717, 1.165) is 10.9 Å². The molecular formula is C13H13Cl2NO. The van der Waals surface area contributed by atoms with Gasteiger partial charge in [-0.1, -0.05) is 41.4 Å². The maximum Gasteiger partial charge on any atom is 0.176 e. The molecule has 0 aliphatic rings. The fourth-order valence-electron chi connectivity index (χ4n) is 1.52. The Morgan fingerprint density at radius 1 is 1.12 bits per heavy atom. The Morgan fingerprint density at radius 3 is 2.41 bits per heavy atom. The van der Waals surface area contributed by atoms with Crippen LogP contribution in [0.2, 0.25) is 10.2 Å². The minimum atomic E-state index is -0.364. The van der Waals surface area contributed by atoms with Gasteiger partial charge in [-0.3, -0.25) is 0 Å². The monoisotopic (exact) mass is 269 g/mol. The van der Waals surface area contributed by atoms with Crippen LogP contribution in [0.5, 0.6) is 5.75 Å². The zero-order chi connectivity index (χ0) is 12.6. The standard InChI is InChI=1S/C13H13Cl2NO/c1-13(2,3)17-11-10(14)8-6-4-5-7-9(8)16-12(11)15/h4-7H,1-3H3. The van der Waals surface area contributed by atoms with E-state index in [0.29, 0.717) is 15.9 Å². The number of fused-ring (bicyclic) bond motifs is 1. The molecule has 90 valence electrons. The lowest BCUT2D eigenvalue weighted by Gasteiger charge is -2.23. The molecule has 17 heavy (non-hydrogen) atoms. The summed E-state index contributed by atoms with van der Waals surface area (Å²) < 4.78 is 5.74. The maximum absolute atomic E-state index is 6.30. The first-order chi connectivity index (χ1) is 7.88. The first kappa shape index (κ1) is 12.5. The van der Waals surface area contributed by atoms with Crippen LogP contribution in [0.15, 0.2) is 24.3 Å². The molecule has 0 radical (unpaired) electrons. The van der Waals surface area contributed by atoms with Crippen molar-refractivity contribution in [2.24, 2.45) is 0 Å². The van der Waals surface area contributed by atoms with Crippen LogP contribution in [-0.2, 0) is 0 Å². The summed E-state index contributed by atoms with van der Waals surface area (Å²) >= 11 is 12.4. The van der Waals surface area contributed by atoms with E-state index >= 15 is 0 Å². The van der Waals surface area contributed by atoms with E-state index in [4.69, 9.17) is 27.9 Å². The van der Waals surface area contributed by atoms with Crippen molar-refractivity contribution in [3.05, 3.63) is 34.4 Å².